The topological polar surface area (TPSA) is 47.3 Å². The van der Waals surface area contributed by atoms with E-state index in [0.29, 0.717) is 11.6 Å². The van der Waals surface area contributed by atoms with Crippen LogP contribution in [0.15, 0.2) is 72.8 Å². The molecule has 3 aromatic rings. The van der Waals surface area contributed by atoms with E-state index < -0.39 is 60.6 Å². The first kappa shape index (κ1) is 29.3. The normalized spacial score (nSPS) is 14.8. The molecular formula is C26H23F9N2O. The van der Waals surface area contributed by atoms with Crippen LogP contribution in [0.5, 0.6) is 5.75 Å². The molecule has 3 aromatic carbocycles. The van der Waals surface area contributed by atoms with Crippen LogP contribution in [0.3, 0.4) is 0 Å². The molecule has 206 valence electrons. The van der Waals surface area contributed by atoms with Crippen LogP contribution in [0, 0.1) is 11.6 Å². The van der Waals surface area contributed by atoms with Gasteiger partial charge in [-0.3, -0.25) is 0 Å². The van der Waals surface area contributed by atoms with Crippen molar-refractivity contribution in [2.24, 2.45) is 5.73 Å². The lowest BCUT2D eigenvalue weighted by Crippen LogP contribution is -2.50. The summed E-state index contributed by atoms with van der Waals surface area (Å²) in [6.07, 6.45) is -15.3. The smallest absolute Gasteiger partial charge is 0.428 e. The lowest BCUT2D eigenvalue weighted by atomic mass is 9.77. The van der Waals surface area contributed by atoms with Crippen LogP contribution in [0.4, 0.5) is 39.5 Å². The van der Waals surface area contributed by atoms with Gasteiger partial charge < -0.3 is 15.8 Å². The molecule has 0 amide bonds. The van der Waals surface area contributed by atoms with Crippen LogP contribution < -0.4 is 15.8 Å². The number of halogens is 9. The van der Waals surface area contributed by atoms with Gasteiger partial charge in [0.15, 0.2) is 0 Å². The summed E-state index contributed by atoms with van der Waals surface area (Å²) >= 11 is 0. The van der Waals surface area contributed by atoms with Crippen LogP contribution >= 0.6 is 0 Å². The minimum Gasteiger partial charge on any atom is -0.428 e. The quantitative estimate of drug-likeness (QED) is 0.266. The second-order valence-corrected chi connectivity index (χ2v) is 8.68. The summed E-state index contributed by atoms with van der Waals surface area (Å²) in [7, 11) is 0. The van der Waals surface area contributed by atoms with Gasteiger partial charge in [-0.25, -0.2) is 8.78 Å². The molecule has 0 saturated carbocycles. The van der Waals surface area contributed by atoms with Gasteiger partial charge in [0.1, 0.15) is 17.4 Å². The fourth-order valence-corrected chi connectivity index (χ4v) is 4.02. The van der Waals surface area contributed by atoms with Crippen molar-refractivity contribution in [3.8, 4) is 5.75 Å². The Morgan fingerprint density at radius 3 is 2.00 bits per heavy atom. The molecule has 0 bridgehead atoms. The van der Waals surface area contributed by atoms with Crippen molar-refractivity contribution < 1.29 is 44.3 Å². The first-order valence-electron chi connectivity index (χ1n) is 11.2. The SMILES string of the molecule is NC(CNC(Cc1ccccc1)(c1ccc(F)cc1)c1cc(F)cc(OC(F)(F)C(F)F)c1)CC(F)(F)F. The highest BCUT2D eigenvalue weighted by Crippen LogP contribution is 2.38. The predicted molar refractivity (Wildman–Crippen MR) is 122 cm³/mol. The van der Waals surface area contributed by atoms with E-state index in [1.807, 2.05) is 0 Å². The number of rotatable bonds is 11. The highest BCUT2D eigenvalue weighted by atomic mass is 19.4. The summed E-state index contributed by atoms with van der Waals surface area (Å²) < 4.78 is 124. The molecule has 0 spiro atoms. The van der Waals surface area contributed by atoms with Gasteiger partial charge in [-0.1, -0.05) is 42.5 Å². The lowest BCUT2D eigenvalue weighted by molar-refractivity contribution is -0.253. The van der Waals surface area contributed by atoms with Gasteiger partial charge >= 0.3 is 18.7 Å². The molecule has 0 saturated heterocycles. The highest BCUT2D eigenvalue weighted by Gasteiger charge is 2.44. The third kappa shape index (κ3) is 7.64. The van der Waals surface area contributed by atoms with Crippen LogP contribution in [0.1, 0.15) is 23.1 Å². The Morgan fingerprint density at radius 1 is 0.789 bits per heavy atom. The zero-order chi connectivity index (χ0) is 28.1. The maximum Gasteiger partial charge on any atom is 0.461 e. The van der Waals surface area contributed by atoms with Crippen molar-refractivity contribution in [2.45, 2.75) is 43.1 Å². The van der Waals surface area contributed by atoms with Crippen LogP contribution in [-0.4, -0.2) is 31.3 Å². The van der Waals surface area contributed by atoms with Crippen molar-refractivity contribution in [3.05, 3.63) is 101 Å². The highest BCUT2D eigenvalue weighted by molar-refractivity contribution is 5.44. The fraction of sp³-hybridized carbons (Fsp3) is 0.308. The molecule has 38 heavy (non-hydrogen) atoms. The first-order valence-corrected chi connectivity index (χ1v) is 11.2. The first-order chi connectivity index (χ1) is 17.7. The molecule has 0 radical (unpaired) electrons. The standard InChI is InChI=1S/C26H23F9N2O/c27-19-8-6-17(7-9-19)24(13-16-4-2-1-3-5-16,37-15-21(36)14-25(31,32)33)18-10-20(28)12-22(11-18)38-26(34,35)23(29)30/h1-12,21,23,37H,13-15,36H2. The minimum atomic E-state index is -4.95. The van der Waals surface area contributed by atoms with E-state index in [1.165, 1.54) is 12.1 Å². The monoisotopic (exact) mass is 550 g/mol. The van der Waals surface area contributed by atoms with Gasteiger partial charge in [-0.2, -0.15) is 30.7 Å². The van der Waals surface area contributed by atoms with E-state index >= 15 is 0 Å². The van der Waals surface area contributed by atoms with Crippen molar-refractivity contribution in [2.75, 3.05) is 6.54 Å². The van der Waals surface area contributed by atoms with Crippen molar-refractivity contribution in [1.29, 1.82) is 0 Å². The second kappa shape index (κ2) is 11.6. The molecule has 0 aliphatic rings. The Labute approximate surface area is 212 Å². The Balaban J connectivity index is 2.19. The molecule has 3 N–H and O–H groups in total. The van der Waals surface area contributed by atoms with E-state index in [9.17, 15) is 39.5 Å². The zero-order valence-corrected chi connectivity index (χ0v) is 19.6. The molecule has 3 rings (SSSR count). The summed E-state index contributed by atoms with van der Waals surface area (Å²) in [4.78, 5) is 0. The molecule has 2 unspecified atom stereocenters. The average molecular weight is 550 g/mol. The Hall–Kier alpha value is -3.25. The minimum absolute atomic E-state index is 0.105. The Morgan fingerprint density at radius 2 is 1.42 bits per heavy atom. The van der Waals surface area contributed by atoms with E-state index in [1.54, 1.807) is 30.3 Å². The van der Waals surface area contributed by atoms with Crippen LogP contribution in [0.2, 0.25) is 0 Å². The molecule has 0 heterocycles. The number of ether oxygens (including phenoxy) is 1. The fourth-order valence-electron chi connectivity index (χ4n) is 4.02. The molecule has 0 aliphatic heterocycles. The summed E-state index contributed by atoms with van der Waals surface area (Å²) in [5.41, 5.74) is 4.63. The molecule has 12 heteroatoms. The maximum atomic E-state index is 14.7. The molecule has 0 aromatic heterocycles. The van der Waals surface area contributed by atoms with E-state index in [-0.39, 0.29) is 17.5 Å². The van der Waals surface area contributed by atoms with Gasteiger partial charge in [-0.05, 0) is 47.4 Å². The van der Waals surface area contributed by atoms with Crippen molar-refractivity contribution in [3.63, 3.8) is 0 Å². The van der Waals surface area contributed by atoms with Gasteiger partial charge in [-0.15, -0.1) is 0 Å². The third-order valence-corrected chi connectivity index (χ3v) is 5.68. The Kier molecular flexibility index (Phi) is 8.98. The van der Waals surface area contributed by atoms with Crippen LogP contribution in [0.25, 0.3) is 0 Å². The zero-order valence-electron chi connectivity index (χ0n) is 19.6. The molecule has 2 atom stereocenters. The van der Waals surface area contributed by atoms with Gasteiger partial charge in [0.25, 0.3) is 0 Å². The molecular weight excluding hydrogens is 527 g/mol. The average Bonchev–Trinajstić information content (AvgIpc) is 2.81. The van der Waals surface area contributed by atoms with Crippen molar-refractivity contribution >= 4 is 0 Å². The van der Waals surface area contributed by atoms with E-state index in [4.69, 9.17) is 5.73 Å². The van der Waals surface area contributed by atoms with Gasteiger partial charge in [0.2, 0.25) is 0 Å². The van der Waals surface area contributed by atoms with Gasteiger partial charge in [0.05, 0.1) is 12.0 Å². The largest absolute Gasteiger partial charge is 0.461 e. The number of benzene rings is 3. The predicted octanol–water partition coefficient (Wildman–Crippen LogP) is 6.56. The summed E-state index contributed by atoms with van der Waals surface area (Å²) in [6, 6.07) is 13.7. The maximum absolute atomic E-state index is 14.7. The second-order valence-electron chi connectivity index (χ2n) is 8.68. The number of nitrogens with one attached hydrogen (secondary N) is 1. The van der Waals surface area contributed by atoms with Crippen molar-refractivity contribution in [1.82, 2.24) is 5.32 Å². The van der Waals surface area contributed by atoms with Crippen LogP contribution in [-0.2, 0) is 12.0 Å². The lowest BCUT2D eigenvalue weighted by Gasteiger charge is -2.38. The Bertz CT molecular complexity index is 1190. The summed E-state index contributed by atoms with van der Waals surface area (Å²) in [6.45, 7) is -0.496. The molecule has 3 nitrogen and oxygen atoms in total. The number of hydrogen-bond donors (Lipinski definition) is 2. The molecule has 0 fully saturated rings. The summed E-state index contributed by atoms with van der Waals surface area (Å²) in [5, 5.41) is 2.89. The van der Waals surface area contributed by atoms with Gasteiger partial charge in [0, 0.05) is 18.7 Å². The number of nitrogens with two attached hydrogens (primary N) is 1. The molecule has 0 aliphatic carbocycles. The van der Waals surface area contributed by atoms with E-state index in [2.05, 4.69) is 10.1 Å². The van der Waals surface area contributed by atoms with E-state index in [0.717, 1.165) is 24.3 Å². The summed E-state index contributed by atoms with van der Waals surface area (Å²) in [5.74, 6) is -2.76. The third-order valence-electron chi connectivity index (χ3n) is 5.68. The number of hydrogen-bond acceptors (Lipinski definition) is 3. The number of alkyl halides is 7.